The number of rotatable bonds is 9. The van der Waals surface area contributed by atoms with Crippen molar-refractivity contribution in [2.24, 2.45) is 11.8 Å². The molecule has 1 fully saturated rings. The Balaban J connectivity index is 2.34. The number of nitrogens with zero attached hydrogens (tertiary/aromatic N) is 2. The maximum Gasteiger partial charge on any atom is 0.415 e. The normalized spacial score (nSPS) is 21.3. The minimum Gasteiger partial charge on any atom is -0.465 e. The fourth-order valence-electron chi connectivity index (χ4n) is 3.69. The Labute approximate surface area is 205 Å². The Morgan fingerprint density at radius 1 is 1.17 bits per heavy atom. The summed E-state index contributed by atoms with van der Waals surface area (Å²) in [6.07, 6.45) is -3.53. The van der Waals surface area contributed by atoms with E-state index in [0.717, 1.165) is 17.4 Å². The molecule has 35 heavy (non-hydrogen) atoms. The third-order valence-electron chi connectivity index (χ3n) is 5.86. The summed E-state index contributed by atoms with van der Waals surface area (Å²) < 4.78 is 10.5. The standard InChI is InChI=1S/C24H35N3O8/c1-6-15(4)13-26(23(32)33)22(31)25-19(14(2)3)20(29)27-18(12-17-10-8-7-9-11-17)21(30)35-24(27)34-16(5)28/h7-11,14-15,18-19,21,24,30H,6,12-13H2,1-5H3,(H,25,31)(H,32,33). The number of esters is 1. The summed E-state index contributed by atoms with van der Waals surface area (Å²) in [6.45, 7) is 8.17. The number of benzene rings is 1. The van der Waals surface area contributed by atoms with Crippen molar-refractivity contribution in [3.63, 3.8) is 0 Å². The zero-order chi connectivity index (χ0) is 26.3. The van der Waals surface area contributed by atoms with Crippen molar-refractivity contribution in [1.82, 2.24) is 15.1 Å². The average Bonchev–Trinajstić information content (AvgIpc) is 3.08. The van der Waals surface area contributed by atoms with E-state index in [4.69, 9.17) is 9.47 Å². The molecule has 0 bridgehead atoms. The minimum absolute atomic E-state index is 0.0328. The van der Waals surface area contributed by atoms with E-state index in [0.29, 0.717) is 11.3 Å². The van der Waals surface area contributed by atoms with Gasteiger partial charge in [0, 0.05) is 13.5 Å². The lowest BCUT2D eigenvalue weighted by Crippen LogP contribution is -2.58. The van der Waals surface area contributed by atoms with Gasteiger partial charge in [-0.2, -0.15) is 0 Å². The SMILES string of the molecule is CCC(C)CN(C(=O)O)C(=O)NC(C(=O)N1C(OC(C)=O)OC(O)C1Cc1ccccc1)C(C)C. The first kappa shape index (κ1) is 28.1. The van der Waals surface area contributed by atoms with Crippen LogP contribution >= 0.6 is 0 Å². The molecule has 1 aliphatic heterocycles. The summed E-state index contributed by atoms with van der Waals surface area (Å²) in [5.41, 5.74) is 0.803. The molecule has 3 N–H and O–H groups in total. The molecule has 0 radical (unpaired) electrons. The summed E-state index contributed by atoms with van der Waals surface area (Å²) >= 11 is 0. The summed E-state index contributed by atoms with van der Waals surface area (Å²) in [5, 5.41) is 22.6. The fraction of sp³-hybridized carbons (Fsp3) is 0.583. The molecule has 1 aliphatic rings. The second-order valence-electron chi connectivity index (χ2n) is 9.02. The first-order chi connectivity index (χ1) is 16.5. The zero-order valence-electron chi connectivity index (χ0n) is 20.7. The van der Waals surface area contributed by atoms with Crippen LogP contribution in [0.4, 0.5) is 9.59 Å². The van der Waals surface area contributed by atoms with Crippen LogP contribution in [-0.4, -0.2) is 75.3 Å². The molecule has 1 heterocycles. The number of carbonyl (C=O) groups excluding carboxylic acids is 3. The van der Waals surface area contributed by atoms with Gasteiger partial charge in [-0.3, -0.25) is 19.2 Å². The lowest BCUT2D eigenvalue weighted by molar-refractivity contribution is -0.216. The number of imide groups is 1. The quantitative estimate of drug-likeness (QED) is 0.445. The molecule has 0 spiro atoms. The van der Waals surface area contributed by atoms with Gasteiger partial charge in [-0.1, -0.05) is 64.4 Å². The number of urea groups is 1. The molecule has 1 aromatic carbocycles. The van der Waals surface area contributed by atoms with Gasteiger partial charge in [0.15, 0.2) is 6.29 Å². The van der Waals surface area contributed by atoms with Crippen molar-refractivity contribution >= 4 is 24.0 Å². The van der Waals surface area contributed by atoms with Crippen LogP contribution in [0.15, 0.2) is 30.3 Å². The fourth-order valence-corrected chi connectivity index (χ4v) is 3.69. The predicted octanol–water partition coefficient (Wildman–Crippen LogP) is 2.38. The lowest BCUT2D eigenvalue weighted by atomic mass is 10.00. The van der Waals surface area contributed by atoms with E-state index in [1.807, 2.05) is 44.2 Å². The molecule has 5 atom stereocenters. The Hall–Kier alpha value is -3.18. The van der Waals surface area contributed by atoms with Crippen molar-refractivity contribution < 1.29 is 38.9 Å². The van der Waals surface area contributed by atoms with Crippen LogP contribution in [0.25, 0.3) is 0 Å². The van der Waals surface area contributed by atoms with E-state index >= 15 is 0 Å². The second-order valence-corrected chi connectivity index (χ2v) is 9.02. The highest BCUT2D eigenvalue weighted by Crippen LogP contribution is 2.28. The molecule has 0 saturated carbocycles. The average molecular weight is 494 g/mol. The molecule has 11 nitrogen and oxygen atoms in total. The maximum absolute atomic E-state index is 13.7. The van der Waals surface area contributed by atoms with Crippen molar-refractivity contribution in [1.29, 1.82) is 0 Å². The van der Waals surface area contributed by atoms with Gasteiger partial charge in [0.2, 0.25) is 0 Å². The number of hydrogen-bond acceptors (Lipinski definition) is 7. The number of aliphatic hydroxyl groups is 1. The van der Waals surface area contributed by atoms with Crippen LogP contribution in [0.1, 0.15) is 46.6 Å². The van der Waals surface area contributed by atoms with Gasteiger partial charge in [0.05, 0.1) is 6.04 Å². The molecule has 194 valence electrons. The summed E-state index contributed by atoms with van der Waals surface area (Å²) in [6, 6.07) is 6.05. The molecular formula is C24H35N3O8. The van der Waals surface area contributed by atoms with Gasteiger partial charge in [0.1, 0.15) is 6.04 Å². The number of nitrogens with one attached hydrogen (secondary N) is 1. The van der Waals surface area contributed by atoms with E-state index in [1.165, 1.54) is 0 Å². The van der Waals surface area contributed by atoms with Crippen molar-refractivity contribution in [2.75, 3.05) is 6.54 Å². The zero-order valence-corrected chi connectivity index (χ0v) is 20.7. The Morgan fingerprint density at radius 2 is 1.80 bits per heavy atom. The van der Waals surface area contributed by atoms with E-state index in [2.05, 4.69) is 5.32 Å². The first-order valence-electron chi connectivity index (χ1n) is 11.6. The van der Waals surface area contributed by atoms with Crippen LogP contribution in [0.5, 0.6) is 0 Å². The molecule has 1 aromatic rings. The van der Waals surface area contributed by atoms with Gasteiger partial charge in [-0.15, -0.1) is 0 Å². The van der Waals surface area contributed by atoms with Crippen molar-refractivity contribution in [3.05, 3.63) is 35.9 Å². The number of carbonyl (C=O) groups is 4. The van der Waals surface area contributed by atoms with Crippen LogP contribution in [0.2, 0.25) is 0 Å². The molecule has 11 heteroatoms. The molecule has 5 unspecified atom stereocenters. The molecule has 0 aromatic heterocycles. The smallest absolute Gasteiger partial charge is 0.415 e. The van der Waals surface area contributed by atoms with Crippen molar-refractivity contribution in [2.45, 2.75) is 72.2 Å². The Bertz CT molecular complexity index is 894. The second kappa shape index (κ2) is 12.5. The van der Waals surface area contributed by atoms with E-state index < -0.39 is 54.7 Å². The summed E-state index contributed by atoms with van der Waals surface area (Å²) in [5.74, 6) is -1.93. The van der Waals surface area contributed by atoms with E-state index in [9.17, 15) is 29.4 Å². The van der Waals surface area contributed by atoms with Gasteiger partial charge in [-0.25, -0.2) is 14.5 Å². The predicted molar refractivity (Wildman–Crippen MR) is 125 cm³/mol. The molecule has 4 amide bonds. The Kier molecular flexibility index (Phi) is 10.0. The first-order valence-corrected chi connectivity index (χ1v) is 11.6. The summed E-state index contributed by atoms with van der Waals surface area (Å²) in [7, 11) is 0. The number of ether oxygens (including phenoxy) is 2. The topological polar surface area (TPSA) is 146 Å². The lowest BCUT2D eigenvalue weighted by Gasteiger charge is -2.33. The molecular weight excluding hydrogens is 458 g/mol. The molecule has 2 rings (SSSR count). The number of carboxylic acid groups (broad SMARTS) is 1. The molecule has 1 saturated heterocycles. The van der Waals surface area contributed by atoms with Crippen LogP contribution in [0.3, 0.4) is 0 Å². The monoisotopic (exact) mass is 493 g/mol. The van der Waals surface area contributed by atoms with Gasteiger partial charge >= 0.3 is 18.1 Å². The van der Waals surface area contributed by atoms with Crippen LogP contribution in [0, 0.1) is 11.8 Å². The van der Waals surface area contributed by atoms with Crippen molar-refractivity contribution in [3.8, 4) is 0 Å². The number of hydrogen-bond donors (Lipinski definition) is 3. The maximum atomic E-state index is 13.7. The van der Waals surface area contributed by atoms with E-state index in [1.54, 1.807) is 13.8 Å². The van der Waals surface area contributed by atoms with Gasteiger partial charge in [0.25, 0.3) is 12.3 Å². The summed E-state index contributed by atoms with van der Waals surface area (Å²) in [4.78, 5) is 51.6. The van der Waals surface area contributed by atoms with Crippen LogP contribution in [-0.2, 0) is 25.5 Å². The van der Waals surface area contributed by atoms with Crippen LogP contribution < -0.4 is 5.32 Å². The third kappa shape index (κ3) is 7.40. The highest BCUT2D eigenvalue weighted by molar-refractivity contribution is 5.94. The molecule has 0 aliphatic carbocycles. The largest absolute Gasteiger partial charge is 0.465 e. The minimum atomic E-state index is -1.50. The van der Waals surface area contributed by atoms with Gasteiger partial charge < -0.3 is 20.3 Å². The Morgan fingerprint density at radius 3 is 2.31 bits per heavy atom. The number of aliphatic hydroxyl groups excluding tert-OH is 1. The third-order valence-corrected chi connectivity index (χ3v) is 5.86. The highest BCUT2D eigenvalue weighted by Gasteiger charge is 2.48. The van der Waals surface area contributed by atoms with E-state index in [-0.39, 0.29) is 18.9 Å². The highest BCUT2D eigenvalue weighted by atomic mass is 16.8. The van der Waals surface area contributed by atoms with Gasteiger partial charge in [-0.05, 0) is 23.8 Å². The number of amides is 4.